The van der Waals surface area contributed by atoms with Crippen LogP contribution in [0.2, 0.25) is 0 Å². The summed E-state index contributed by atoms with van der Waals surface area (Å²) < 4.78 is 0. The molecule has 5 heteroatoms. The second kappa shape index (κ2) is 6.48. The lowest BCUT2D eigenvalue weighted by molar-refractivity contribution is -0.141. The molecular formula is C15H29BN2O2. The number of carbonyl (C=O) groups excluding carboxylic acids is 1. The Kier molecular flexibility index (Phi) is 5.13. The molecule has 4 atom stereocenters. The summed E-state index contributed by atoms with van der Waals surface area (Å²) in [5.41, 5.74) is -0.578. The van der Waals surface area contributed by atoms with Gasteiger partial charge in [-0.1, -0.05) is 19.8 Å². The average molecular weight is 280 g/mol. The van der Waals surface area contributed by atoms with Crippen LogP contribution in [0.15, 0.2) is 0 Å². The molecule has 0 aliphatic carbocycles. The summed E-state index contributed by atoms with van der Waals surface area (Å²) in [7, 11) is 1.85. The number of aliphatic hydroxyl groups is 1. The van der Waals surface area contributed by atoms with Crippen LogP contribution in [0.25, 0.3) is 0 Å². The molecule has 3 saturated heterocycles. The number of fused-ring (bicyclic) bond motifs is 3. The Balaban J connectivity index is 1.72. The molecule has 114 valence electrons. The van der Waals surface area contributed by atoms with Crippen molar-refractivity contribution in [2.45, 2.75) is 70.0 Å². The number of nitrogens with zero attached hydrogens (tertiary/aromatic N) is 1. The normalized spacial score (nSPS) is 30.1. The molecule has 0 aromatic heterocycles. The van der Waals surface area contributed by atoms with Gasteiger partial charge in [-0.2, -0.15) is 0 Å². The van der Waals surface area contributed by atoms with Gasteiger partial charge in [-0.25, -0.2) is 0 Å². The van der Waals surface area contributed by atoms with E-state index in [9.17, 15) is 9.90 Å². The zero-order valence-electron chi connectivity index (χ0n) is 13.2. The van der Waals surface area contributed by atoms with Crippen LogP contribution in [0.4, 0.5) is 0 Å². The lowest BCUT2D eigenvalue weighted by Crippen LogP contribution is -2.63. The van der Waals surface area contributed by atoms with Gasteiger partial charge in [-0.15, -0.1) is 0 Å². The summed E-state index contributed by atoms with van der Waals surface area (Å²) in [6.45, 7) is 5.78. The maximum atomic E-state index is 12.5. The van der Waals surface area contributed by atoms with E-state index in [-0.39, 0.29) is 5.92 Å². The van der Waals surface area contributed by atoms with Crippen molar-refractivity contribution in [1.82, 2.24) is 10.2 Å². The molecular weight excluding hydrogens is 251 g/mol. The molecule has 20 heavy (non-hydrogen) atoms. The highest BCUT2D eigenvalue weighted by Gasteiger charge is 2.37. The van der Waals surface area contributed by atoms with Crippen molar-refractivity contribution in [1.29, 1.82) is 0 Å². The number of hydrogen-bond acceptors (Lipinski definition) is 3. The third-order valence-corrected chi connectivity index (χ3v) is 4.73. The summed E-state index contributed by atoms with van der Waals surface area (Å²) in [6, 6.07) is 0.942. The molecule has 3 aliphatic heterocycles. The van der Waals surface area contributed by atoms with Crippen molar-refractivity contribution >= 4 is 13.8 Å². The van der Waals surface area contributed by atoms with Crippen molar-refractivity contribution in [2.75, 3.05) is 13.1 Å². The second-order valence-corrected chi connectivity index (χ2v) is 7.29. The van der Waals surface area contributed by atoms with E-state index in [1.807, 2.05) is 14.8 Å². The Labute approximate surface area is 123 Å². The Morgan fingerprint density at radius 2 is 2.25 bits per heavy atom. The van der Waals surface area contributed by atoms with E-state index in [1.165, 1.54) is 6.42 Å². The molecule has 0 radical (unpaired) electrons. The average Bonchev–Trinajstić information content (AvgIpc) is 2.42. The Morgan fingerprint density at radius 1 is 1.50 bits per heavy atom. The highest BCUT2D eigenvalue weighted by Crippen LogP contribution is 2.25. The lowest BCUT2D eigenvalue weighted by Gasteiger charge is -2.46. The number of hydrogen-bond donors (Lipinski definition) is 2. The van der Waals surface area contributed by atoms with Crippen LogP contribution in [0.1, 0.15) is 52.4 Å². The predicted octanol–water partition coefficient (Wildman–Crippen LogP) is 0.487. The zero-order valence-corrected chi connectivity index (χ0v) is 13.2. The van der Waals surface area contributed by atoms with Crippen molar-refractivity contribution in [3.8, 4) is 0 Å². The van der Waals surface area contributed by atoms with Crippen LogP contribution in [0.3, 0.4) is 0 Å². The van der Waals surface area contributed by atoms with Gasteiger partial charge in [0.15, 0.2) is 0 Å². The zero-order chi connectivity index (χ0) is 14.8. The van der Waals surface area contributed by atoms with Crippen LogP contribution >= 0.6 is 0 Å². The molecule has 3 heterocycles. The minimum absolute atomic E-state index is 0.121. The number of unbranched alkanes of at least 4 members (excludes halogenated alkanes) is 1. The van der Waals surface area contributed by atoms with Gasteiger partial charge >= 0.3 is 0 Å². The summed E-state index contributed by atoms with van der Waals surface area (Å²) in [4.78, 5) is 14.6. The third kappa shape index (κ3) is 4.22. The molecule has 0 spiro atoms. The van der Waals surface area contributed by atoms with Gasteiger partial charge in [0.05, 0.1) is 0 Å². The molecule has 3 aliphatic rings. The van der Waals surface area contributed by atoms with E-state index < -0.39 is 5.50 Å². The number of carbonyl (C=O) groups is 1. The van der Waals surface area contributed by atoms with Crippen molar-refractivity contribution in [3.63, 3.8) is 0 Å². The van der Waals surface area contributed by atoms with E-state index in [0.717, 1.165) is 45.2 Å². The fourth-order valence-corrected chi connectivity index (χ4v) is 3.39. The summed E-state index contributed by atoms with van der Waals surface area (Å²) in [5.74, 6) is 0.459. The van der Waals surface area contributed by atoms with Crippen LogP contribution in [-0.2, 0) is 4.79 Å². The first-order valence-corrected chi connectivity index (χ1v) is 8.13. The van der Waals surface area contributed by atoms with Crippen LogP contribution < -0.4 is 5.32 Å². The molecule has 1 amide bonds. The molecule has 0 saturated carbocycles. The minimum Gasteiger partial charge on any atom is -0.399 e. The van der Waals surface area contributed by atoms with E-state index in [0.29, 0.717) is 18.0 Å². The largest absolute Gasteiger partial charge is 0.399 e. The molecule has 0 aromatic carbocycles. The smallest absolute Gasteiger partial charge is 0.225 e. The summed E-state index contributed by atoms with van der Waals surface area (Å²) in [6.07, 6.45) is 6.15. The first kappa shape index (κ1) is 15.8. The second-order valence-electron chi connectivity index (χ2n) is 7.29. The SMILES string of the molecule is BC(C)(O)CCCCC(C)C(=O)N1CC2CCC1CN2. The molecule has 3 fully saturated rings. The maximum absolute atomic E-state index is 12.5. The van der Waals surface area contributed by atoms with Gasteiger partial charge in [0.25, 0.3) is 0 Å². The molecule has 2 bridgehead atoms. The van der Waals surface area contributed by atoms with E-state index in [2.05, 4.69) is 17.1 Å². The van der Waals surface area contributed by atoms with E-state index in [1.54, 1.807) is 0 Å². The quantitative estimate of drug-likeness (QED) is 0.550. The van der Waals surface area contributed by atoms with Gasteiger partial charge in [-0.3, -0.25) is 4.79 Å². The van der Waals surface area contributed by atoms with Crippen molar-refractivity contribution in [2.24, 2.45) is 5.92 Å². The predicted molar refractivity (Wildman–Crippen MR) is 83.3 cm³/mol. The minimum atomic E-state index is -0.578. The van der Waals surface area contributed by atoms with Gasteiger partial charge in [-0.05, 0) is 32.6 Å². The standard InChI is InChI=1S/C15H29BN2O2/c1-11(5-3-4-8-15(2,16)20)14(19)18-10-12-6-7-13(18)9-17-12/h11-13,17,20H,3-10,16H2,1-2H3. The Bertz CT molecular complexity index is 335. The van der Waals surface area contributed by atoms with E-state index >= 15 is 0 Å². The van der Waals surface area contributed by atoms with Crippen LogP contribution in [0, 0.1) is 5.92 Å². The number of nitrogens with one attached hydrogen (secondary N) is 1. The number of amides is 1. The van der Waals surface area contributed by atoms with Crippen LogP contribution in [-0.4, -0.2) is 54.4 Å². The monoisotopic (exact) mass is 280 g/mol. The summed E-state index contributed by atoms with van der Waals surface area (Å²) in [5, 5.41) is 13.2. The topological polar surface area (TPSA) is 52.6 Å². The van der Waals surface area contributed by atoms with Crippen molar-refractivity contribution in [3.05, 3.63) is 0 Å². The molecule has 0 aromatic rings. The van der Waals surface area contributed by atoms with Crippen molar-refractivity contribution < 1.29 is 9.90 Å². The molecule has 3 rings (SSSR count). The lowest BCUT2D eigenvalue weighted by atomic mass is 9.79. The Morgan fingerprint density at radius 3 is 2.75 bits per heavy atom. The highest BCUT2D eigenvalue weighted by molar-refractivity contribution is 6.13. The van der Waals surface area contributed by atoms with Gasteiger partial charge in [0, 0.05) is 36.6 Å². The van der Waals surface area contributed by atoms with Gasteiger partial charge < -0.3 is 15.3 Å². The third-order valence-electron chi connectivity index (χ3n) is 4.73. The fourth-order valence-electron chi connectivity index (χ4n) is 3.39. The number of rotatable bonds is 6. The molecule has 4 unspecified atom stereocenters. The van der Waals surface area contributed by atoms with E-state index in [4.69, 9.17) is 0 Å². The number of piperazine rings is 1. The molecule has 2 N–H and O–H groups in total. The fraction of sp³-hybridized carbons (Fsp3) is 0.933. The first-order chi connectivity index (χ1) is 9.37. The van der Waals surface area contributed by atoms with Crippen LogP contribution in [0.5, 0.6) is 0 Å². The van der Waals surface area contributed by atoms with Gasteiger partial charge in [0.2, 0.25) is 5.91 Å². The summed E-state index contributed by atoms with van der Waals surface area (Å²) >= 11 is 0. The highest BCUT2D eigenvalue weighted by atomic mass is 16.3. The Hall–Kier alpha value is -0.545. The molecule has 4 nitrogen and oxygen atoms in total. The first-order valence-electron chi connectivity index (χ1n) is 8.13. The van der Waals surface area contributed by atoms with Gasteiger partial charge in [0.1, 0.15) is 7.85 Å². The number of piperidine rings is 2. The maximum Gasteiger partial charge on any atom is 0.225 e.